The van der Waals surface area contributed by atoms with Crippen LogP contribution >= 0.6 is 0 Å². The molecule has 43 heavy (non-hydrogen) atoms. The largest absolute Gasteiger partial charge is 0.494 e. The van der Waals surface area contributed by atoms with Gasteiger partial charge in [-0.3, -0.25) is 4.90 Å². The zero-order valence-corrected chi connectivity index (χ0v) is 25.9. The molecule has 0 N–H and O–H groups in total. The fourth-order valence-electron chi connectivity index (χ4n) is 6.82. The Morgan fingerprint density at radius 2 is 1.47 bits per heavy atom. The Morgan fingerprint density at radius 1 is 0.791 bits per heavy atom. The lowest BCUT2D eigenvalue weighted by atomic mass is 9.74. The fourth-order valence-corrected chi connectivity index (χ4v) is 6.82. The van der Waals surface area contributed by atoms with Gasteiger partial charge in [0, 0.05) is 54.6 Å². The van der Waals surface area contributed by atoms with E-state index in [0.717, 1.165) is 54.0 Å². The van der Waals surface area contributed by atoms with Gasteiger partial charge < -0.3 is 23.7 Å². The van der Waals surface area contributed by atoms with Gasteiger partial charge in [-0.25, -0.2) is 4.79 Å². The van der Waals surface area contributed by atoms with E-state index in [-0.39, 0.29) is 5.97 Å². The van der Waals surface area contributed by atoms with Gasteiger partial charge in [-0.15, -0.1) is 0 Å². The van der Waals surface area contributed by atoms with E-state index < -0.39 is 23.9 Å². The van der Waals surface area contributed by atoms with Gasteiger partial charge in [0.15, 0.2) is 5.60 Å². The van der Waals surface area contributed by atoms with Crippen LogP contribution in [0.2, 0.25) is 0 Å². The topological polar surface area (TPSA) is 60.5 Å². The number of fused-ring (bicyclic) bond motifs is 6. The molecule has 1 atom stereocenters. The number of unbranched alkanes of at least 4 members (excludes halogenated alkanes) is 2. The number of hydrogen-bond acceptors (Lipinski definition) is 7. The van der Waals surface area contributed by atoms with Crippen molar-refractivity contribution in [3.8, 4) is 11.5 Å². The Bertz CT molecular complexity index is 1550. The van der Waals surface area contributed by atoms with E-state index >= 15 is 0 Å². The maximum Gasteiger partial charge on any atom is 0.494 e. The molecule has 1 unspecified atom stereocenters. The third-order valence-corrected chi connectivity index (χ3v) is 10.1. The average Bonchev–Trinajstić information content (AvgIpc) is 3.41. The van der Waals surface area contributed by atoms with Crippen molar-refractivity contribution in [3.05, 3.63) is 82.9 Å². The van der Waals surface area contributed by atoms with E-state index in [2.05, 4.69) is 62.6 Å². The number of hydrogen-bond donors (Lipinski definition) is 0. The second kappa shape index (κ2) is 10.4. The standard InChI is InChI=1S/C35H41BN2O5/c1-6-7-10-17-37-18-20-38(21-19-37)25-14-16-29-31(23-25)40-30-22-24(36-42-33(2,3)34(4,5)43-36)13-15-28(30)35(29)27-12-9-8-11-26(27)32(39)41-35/h8-9,11-16,22-23H,6-7,10,17-21H2,1-5H3. The fraction of sp³-hybridized carbons (Fsp3) is 0.457. The molecule has 7 rings (SSSR count). The second-order valence-corrected chi connectivity index (χ2v) is 13.3. The Hall–Kier alpha value is -3.33. The van der Waals surface area contributed by atoms with Gasteiger partial charge in [0.05, 0.1) is 16.8 Å². The predicted molar refractivity (Wildman–Crippen MR) is 169 cm³/mol. The number of anilines is 1. The van der Waals surface area contributed by atoms with Gasteiger partial charge in [-0.2, -0.15) is 0 Å². The molecule has 4 heterocycles. The number of piperazine rings is 1. The summed E-state index contributed by atoms with van der Waals surface area (Å²) in [6, 6.07) is 20.0. The van der Waals surface area contributed by atoms with Gasteiger partial charge in [0.25, 0.3) is 0 Å². The molecule has 2 fully saturated rings. The smallest absolute Gasteiger partial charge is 0.456 e. The molecule has 3 aromatic rings. The lowest BCUT2D eigenvalue weighted by Gasteiger charge is -2.39. The highest BCUT2D eigenvalue weighted by molar-refractivity contribution is 6.62. The third kappa shape index (κ3) is 4.57. The summed E-state index contributed by atoms with van der Waals surface area (Å²) < 4.78 is 25.8. The first-order valence-corrected chi connectivity index (χ1v) is 15.8. The Balaban J connectivity index is 1.26. The molecule has 4 aliphatic heterocycles. The summed E-state index contributed by atoms with van der Waals surface area (Å²) in [6.07, 6.45) is 3.80. The molecule has 2 saturated heterocycles. The first kappa shape index (κ1) is 28.4. The monoisotopic (exact) mass is 580 g/mol. The van der Waals surface area contributed by atoms with Gasteiger partial charge in [-0.05, 0) is 70.4 Å². The Labute approximate surface area is 255 Å². The van der Waals surface area contributed by atoms with Crippen LogP contribution in [0, 0.1) is 0 Å². The Morgan fingerprint density at radius 3 is 2.19 bits per heavy atom. The van der Waals surface area contributed by atoms with E-state index in [1.54, 1.807) is 0 Å². The van der Waals surface area contributed by atoms with Gasteiger partial charge in [0.2, 0.25) is 0 Å². The van der Waals surface area contributed by atoms with Crippen molar-refractivity contribution in [3.63, 3.8) is 0 Å². The number of nitrogens with zero attached hydrogens (tertiary/aromatic N) is 2. The van der Waals surface area contributed by atoms with Crippen LogP contribution in [-0.2, 0) is 19.6 Å². The third-order valence-electron chi connectivity index (χ3n) is 10.1. The number of ether oxygens (including phenoxy) is 2. The first-order valence-electron chi connectivity index (χ1n) is 15.8. The lowest BCUT2D eigenvalue weighted by Crippen LogP contribution is -2.46. The number of carbonyl (C=O) groups excluding carboxylic acids is 1. The molecular weight excluding hydrogens is 539 g/mol. The minimum absolute atomic E-state index is 0.326. The van der Waals surface area contributed by atoms with Crippen molar-refractivity contribution in [2.24, 2.45) is 0 Å². The van der Waals surface area contributed by atoms with Crippen molar-refractivity contribution < 1.29 is 23.6 Å². The maximum atomic E-state index is 13.3. The zero-order chi connectivity index (χ0) is 30.0. The van der Waals surface area contributed by atoms with Crippen LogP contribution < -0.4 is 15.1 Å². The van der Waals surface area contributed by atoms with E-state index in [4.69, 9.17) is 18.8 Å². The molecule has 7 nitrogen and oxygen atoms in total. The molecule has 0 radical (unpaired) electrons. The number of rotatable bonds is 6. The number of carbonyl (C=O) groups is 1. The van der Waals surface area contributed by atoms with Crippen LogP contribution in [0.3, 0.4) is 0 Å². The minimum Gasteiger partial charge on any atom is -0.456 e. The van der Waals surface area contributed by atoms with Crippen molar-refractivity contribution in [2.75, 3.05) is 37.6 Å². The summed E-state index contributed by atoms with van der Waals surface area (Å²) in [4.78, 5) is 18.3. The molecule has 4 aliphatic rings. The maximum absolute atomic E-state index is 13.3. The van der Waals surface area contributed by atoms with Gasteiger partial charge in [-0.1, -0.05) is 50.1 Å². The summed E-state index contributed by atoms with van der Waals surface area (Å²) in [5, 5.41) is 0. The second-order valence-electron chi connectivity index (χ2n) is 13.3. The highest BCUT2D eigenvalue weighted by Gasteiger charge is 2.55. The highest BCUT2D eigenvalue weighted by Crippen LogP contribution is 2.56. The molecule has 224 valence electrons. The molecule has 8 heteroatoms. The van der Waals surface area contributed by atoms with Crippen LogP contribution in [-0.4, -0.2) is 61.9 Å². The predicted octanol–water partition coefficient (Wildman–Crippen LogP) is 5.87. The van der Waals surface area contributed by atoms with Crippen LogP contribution in [0.15, 0.2) is 60.7 Å². The Kier molecular flexibility index (Phi) is 6.88. The molecular formula is C35H41BN2O5. The SMILES string of the molecule is CCCCCN1CCN(c2ccc3c(c2)Oc2cc(B4OC(C)(C)C(C)(C)O4)ccc2C32OC(=O)c3ccccc32)CC1. The zero-order valence-electron chi connectivity index (χ0n) is 25.9. The van der Waals surface area contributed by atoms with Crippen LogP contribution in [0.5, 0.6) is 11.5 Å². The van der Waals surface area contributed by atoms with Crippen molar-refractivity contribution in [1.82, 2.24) is 4.90 Å². The average molecular weight is 581 g/mol. The molecule has 0 saturated carbocycles. The minimum atomic E-state index is -1.10. The molecule has 0 bridgehead atoms. The van der Waals surface area contributed by atoms with Crippen LogP contribution in [0.25, 0.3) is 0 Å². The quantitative estimate of drug-likeness (QED) is 0.206. The summed E-state index contributed by atoms with van der Waals surface area (Å²) in [5.41, 5.74) is 3.02. The van der Waals surface area contributed by atoms with Gasteiger partial charge in [0.1, 0.15) is 11.5 Å². The summed E-state index contributed by atoms with van der Waals surface area (Å²) in [7, 11) is -0.533. The van der Waals surface area contributed by atoms with Crippen LogP contribution in [0.4, 0.5) is 5.69 Å². The summed E-state index contributed by atoms with van der Waals surface area (Å²) in [6.45, 7) is 15.7. The van der Waals surface area contributed by atoms with Crippen molar-refractivity contribution in [1.29, 1.82) is 0 Å². The molecule has 1 spiro atoms. The normalized spacial score (nSPS) is 23.5. The van der Waals surface area contributed by atoms with Crippen LogP contribution in [0.1, 0.15) is 80.9 Å². The number of esters is 1. The first-order chi connectivity index (χ1) is 20.6. The van der Waals surface area contributed by atoms with E-state index in [1.807, 2.05) is 42.5 Å². The lowest BCUT2D eigenvalue weighted by molar-refractivity contribution is 0.00578. The number of benzene rings is 3. The van der Waals surface area contributed by atoms with Crippen molar-refractivity contribution >= 4 is 24.2 Å². The molecule has 0 aromatic heterocycles. The van der Waals surface area contributed by atoms with E-state index in [1.165, 1.54) is 25.8 Å². The van der Waals surface area contributed by atoms with E-state index in [0.29, 0.717) is 17.1 Å². The van der Waals surface area contributed by atoms with Crippen molar-refractivity contribution in [2.45, 2.75) is 70.7 Å². The van der Waals surface area contributed by atoms with E-state index in [9.17, 15) is 4.79 Å². The van der Waals surface area contributed by atoms with Gasteiger partial charge >= 0.3 is 13.1 Å². The highest BCUT2D eigenvalue weighted by atomic mass is 16.7. The summed E-state index contributed by atoms with van der Waals surface area (Å²) in [5.74, 6) is 1.01. The molecule has 0 aliphatic carbocycles. The summed E-state index contributed by atoms with van der Waals surface area (Å²) >= 11 is 0. The molecule has 0 amide bonds. The molecule has 3 aromatic carbocycles.